The molecule has 0 aliphatic heterocycles. The maximum atomic E-state index is 12.2. The number of furan rings is 1. The molecule has 1 radical (unpaired) electrons. The zero-order valence-electron chi connectivity index (χ0n) is 30.6. The van der Waals surface area contributed by atoms with Crippen molar-refractivity contribution in [1.29, 1.82) is 0 Å². The van der Waals surface area contributed by atoms with Gasteiger partial charge in [0.2, 0.25) is 0 Å². The molecule has 0 aliphatic rings. The SMILES string of the molecule is CCC(C)(CC)C(=O)/C=C(\O)C(C)(CC)CC.Cc1cc2ccc3sc4c(-c5[c-]c6ccccc6c(C(C)(C)C)c5)nccc4c3c2o1.[Ir]. The van der Waals surface area contributed by atoms with Crippen LogP contribution in [0.1, 0.15) is 99.3 Å². The van der Waals surface area contributed by atoms with Gasteiger partial charge in [0.1, 0.15) is 17.1 Å². The third-order valence-electron chi connectivity index (χ3n) is 10.6. The number of carbonyl (C=O) groups is 1. The molecule has 261 valence electrons. The molecule has 0 unspecified atom stereocenters. The molecule has 0 spiro atoms. The number of aliphatic hydroxyl groups excluding tert-OH is 1. The predicted molar refractivity (Wildman–Crippen MR) is 205 cm³/mol. The van der Waals surface area contributed by atoms with Gasteiger partial charge in [0, 0.05) is 74.5 Å². The molecule has 3 heterocycles. The van der Waals surface area contributed by atoms with Gasteiger partial charge in [0.25, 0.3) is 0 Å². The fourth-order valence-electron chi connectivity index (χ4n) is 6.27. The molecule has 6 aromatic rings. The second-order valence-corrected chi connectivity index (χ2v) is 15.7. The average molecular weight is 853 g/mol. The first-order valence-corrected chi connectivity index (χ1v) is 18.1. The summed E-state index contributed by atoms with van der Waals surface area (Å²) in [4.78, 5) is 17.0. The molecular formula is C43H50IrNO3S-. The van der Waals surface area contributed by atoms with E-state index in [4.69, 9.17) is 9.40 Å². The Bertz CT molecular complexity index is 2140. The summed E-state index contributed by atoms with van der Waals surface area (Å²) in [5, 5.41) is 16.1. The minimum absolute atomic E-state index is 0. The number of aryl methyl sites for hydroxylation is 1. The second-order valence-electron chi connectivity index (χ2n) is 14.7. The molecule has 3 aromatic heterocycles. The van der Waals surface area contributed by atoms with Crippen LogP contribution in [0.4, 0.5) is 0 Å². The minimum atomic E-state index is -0.337. The van der Waals surface area contributed by atoms with Crippen molar-refractivity contribution in [2.45, 2.75) is 100 Å². The number of nitrogens with zero attached hydrogens (tertiary/aromatic N) is 1. The average Bonchev–Trinajstić information content (AvgIpc) is 3.66. The molecule has 1 N–H and O–H groups in total. The Morgan fingerprint density at radius 1 is 0.898 bits per heavy atom. The largest absolute Gasteiger partial charge is 0.512 e. The van der Waals surface area contributed by atoms with Gasteiger partial charge in [-0.15, -0.1) is 40.5 Å². The van der Waals surface area contributed by atoms with Gasteiger partial charge in [-0.3, -0.25) is 9.78 Å². The molecule has 0 fully saturated rings. The van der Waals surface area contributed by atoms with Crippen molar-refractivity contribution in [2.24, 2.45) is 10.8 Å². The minimum Gasteiger partial charge on any atom is -0.512 e. The smallest absolute Gasteiger partial charge is 0.164 e. The molecule has 6 rings (SSSR count). The van der Waals surface area contributed by atoms with Gasteiger partial charge in [-0.25, -0.2) is 0 Å². The summed E-state index contributed by atoms with van der Waals surface area (Å²) in [6, 6.07) is 23.0. The molecule has 3 aromatic carbocycles. The van der Waals surface area contributed by atoms with Crippen LogP contribution in [0.3, 0.4) is 0 Å². The summed E-state index contributed by atoms with van der Waals surface area (Å²) < 4.78 is 8.50. The Morgan fingerprint density at radius 3 is 2.18 bits per heavy atom. The Hall–Kier alpha value is -3.31. The molecule has 0 bridgehead atoms. The molecule has 0 saturated heterocycles. The fraction of sp³-hybridized carbons (Fsp3) is 0.395. The van der Waals surface area contributed by atoms with Crippen LogP contribution in [0.25, 0.3) is 53.2 Å². The molecule has 49 heavy (non-hydrogen) atoms. The first kappa shape index (κ1) is 38.5. The molecule has 6 heteroatoms. The maximum Gasteiger partial charge on any atom is 0.164 e. The zero-order chi connectivity index (χ0) is 35.0. The van der Waals surface area contributed by atoms with E-state index in [1.807, 2.05) is 54.7 Å². The van der Waals surface area contributed by atoms with Crippen LogP contribution in [0.5, 0.6) is 0 Å². The van der Waals surface area contributed by atoms with Gasteiger partial charge in [-0.05, 0) is 62.3 Å². The Labute approximate surface area is 309 Å². The number of pyridine rings is 1. The number of aromatic nitrogens is 1. The first-order chi connectivity index (χ1) is 22.7. The van der Waals surface area contributed by atoms with Crippen molar-refractivity contribution in [3.8, 4) is 11.3 Å². The van der Waals surface area contributed by atoms with E-state index in [0.717, 1.165) is 59.1 Å². The molecule has 0 saturated carbocycles. The van der Waals surface area contributed by atoms with Crippen LogP contribution in [0.2, 0.25) is 0 Å². The van der Waals surface area contributed by atoms with E-state index in [0.29, 0.717) is 0 Å². The molecular weight excluding hydrogens is 803 g/mol. The maximum absolute atomic E-state index is 12.2. The van der Waals surface area contributed by atoms with Crippen LogP contribution in [-0.2, 0) is 30.3 Å². The van der Waals surface area contributed by atoms with Gasteiger partial charge in [-0.1, -0.05) is 91.5 Å². The van der Waals surface area contributed by atoms with Gasteiger partial charge >= 0.3 is 0 Å². The van der Waals surface area contributed by atoms with Crippen LogP contribution in [0, 0.1) is 23.8 Å². The van der Waals surface area contributed by atoms with Crippen molar-refractivity contribution in [2.75, 3.05) is 0 Å². The van der Waals surface area contributed by atoms with E-state index in [1.165, 1.54) is 37.2 Å². The summed E-state index contributed by atoms with van der Waals surface area (Å²) >= 11 is 1.78. The van der Waals surface area contributed by atoms with Crippen molar-refractivity contribution in [3.63, 3.8) is 0 Å². The summed E-state index contributed by atoms with van der Waals surface area (Å²) in [5.41, 5.74) is 3.75. The third kappa shape index (κ3) is 7.43. The molecule has 0 atom stereocenters. The molecule has 0 amide bonds. The Kier molecular flexibility index (Phi) is 11.7. The summed E-state index contributed by atoms with van der Waals surface area (Å²) in [6.45, 7) is 20.9. The summed E-state index contributed by atoms with van der Waals surface area (Å²) in [5.74, 6) is 1.22. The standard InChI is InChI=1S/C28H22NOS.C15H28O2.Ir/c1-16-13-18-9-10-23-24(26(18)30-16)21-11-12-29-25(27(21)31-23)19-14-17-7-5-6-8-20(17)22(15-19)28(2,3)4;1-7-14(5,8-2)12(16)11-13(17)15(6,9-3)10-4;/h5-13,15H,1-4H3;11,16H,7-10H2,1-6H3;/q-1;;/b;12-11-;. The number of carbonyl (C=O) groups excluding carboxylic acids is 1. The van der Waals surface area contributed by atoms with Crippen molar-refractivity contribution < 1.29 is 34.4 Å². The Morgan fingerprint density at radius 2 is 1.55 bits per heavy atom. The number of aliphatic hydroxyl groups is 1. The van der Waals surface area contributed by atoms with E-state index in [-0.39, 0.29) is 47.9 Å². The van der Waals surface area contributed by atoms with Gasteiger partial charge < -0.3 is 9.52 Å². The topological polar surface area (TPSA) is 63.3 Å². The summed E-state index contributed by atoms with van der Waals surface area (Å²) in [6.07, 6.45) is 6.67. The van der Waals surface area contributed by atoms with Gasteiger partial charge in [-0.2, -0.15) is 0 Å². The number of rotatable bonds is 8. The van der Waals surface area contributed by atoms with Crippen molar-refractivity contribution in [3.05, 3.63) is 90.0 Å². The van der Waals surface area contributed by atoms with Crippen molar-refractivity contribution >= 4 is 59.0 Å². The monoisotopic (exact) mass is 853 g/mol. The normalized spacial score (nSPS) is 12.7. The number of ketones is 1. The van der Waals surface area contributed by atoms with E-state index < -0.39 is 0 Å². The van der Waals surface area contributed by atoms with E-state index in [9.17, 15) is 9.90 Å². The quantitative estimate of drug-likeness (QED) is 0.0941. The number of hydrogen-bond acceptors (Lipinski definition) is 5. The van der Waals surface area contributed by atoms with Gasteiger partial charge in [0.15, 0.2) is 5.78 Å². The van der Waals surface area contributed by atoms with E-state index >= 15 is 0 Å². The van der Waals surface area contributed by atoms with Crippen molar-refractivity contribution in [1.82, 2.24) is 4.98 Å². The number of benzene rings is 3. The number of fused-ring (bicyclic) bond motifs is 6. The third-order valence-corrected chi connectivity index (χ3v) is 11.8. The first-order valence-electron chi connectivity index (χ1n) is 17.3. The van der Waals surface area contributed by atoms with Crippen LogP contribution >= 0.6 is 11.3 Å². The summed E-state index contributed by atoms with van der Waals surface area (Å²) in [7, 11) is 0. The van der Waals surface area contributed by atoms with E-state index in [2.05, 4.69) is 81.4 Å². The number of allylic oxidation sites excluding steroid dienone is 2. The number of hydrogen-bond donors (Lipinski definition) is 1. The number of thiophene rings is 1. The molecule has 0 aliphatic carbocycles. The Balaban J connectivity index is 0.000000260. The van der Waals surface area contributed by atoms with Crippen LogP contribution in [-0.4, -0.2) is 15.9 Å². The van der Waals surface area contributed by atoms with Gasteiger partial charge in [0.05, 0.1) is 0 Å². The fourth-order valence-corrected chi connectivity index (χ4v) is 7.47. The van der Waals surface area contributed by atoms with Crippen LogP contribution in [0.15, 0.2) is 77.0 Å². The van der Waals surface area contributed by atoms with Crippen LogP contribution < -0.4 is 0 Å². The predicted octanol–water partition coefficient (Wildman–Crippen LogP) is 13.1. The molecule has 4 nitrogen and oxygen atoms in total. The zero-order valence-corrected chi connectivity index (χ0v) is 33.8. The second kappa shape index (κ2) is 14.9. The van der Waals surface area contributed by atoms with E-state index in [1.54, 1.807) is 11.3 Å².